The lowest BCUT2D eigenvalue weighted by Gasteiger charge is -2.22. The Kier molecular flexibility index (Phi) is 3.10. The number of aromatic nitrogens is 1. The molecular formula is C12H17BrN2O. The predicted molar refractivity (Wildman–Crippen MR) is 67.6 cm³/mol. The summed E-state index contributed by atoms with van der Waals surface area (Å²) in [5, 5.41) is 0. The van der Waals surface area contributed by atoms with Crippen LogP contribution in [0.4, 0.5) is 0 Å². The number of rotatable bonds is 3. The van der Waals surface area contributed by atoms with E-state index in [2.05, 4.69) is 20.5 Å². The number of carbonyl (C=O) groups excluding carboxylic acids is 1. The molecule has 1 fully saturated rings. The first-order valence-electron chi connectivity index (χ1n) is 5.65. The minimum absolute atomic E-state index is 0.104. The molecule has 0 N–H and O–H groups in total. The summed E-state index contributed by atoms with van der Waals surface area (Å²) in [6.07, 6.45) is 4.39. The molecule has 3 nitrogen and oxygen atoms in total. The molecule has 0 aromatic carbocycles. The Labute approximate surface area is 105 Å². The van der Waals surface area contributed by atoms with Gasteiger partial charge in [-0.25, -0.2) is 0 Å². The van der Waals surface area contributed by atoms with E-state index in [-0.39, 0.29) is 11.9 Å². The van der Waals surface area contributed by atoms with Gasteiger partial charge in [-0.3, -0.25) is 4.79 Å². The Morgan fingerprint density at radius 2 is 2.19 bits per heavy atom. The van der Waals surface area contributed by atoms with Gasteiger partial charge in [0, 0.05) is 29.8 Å². The average molecular weight is 285 g/mol. The lowest BCUT2D eigenvalue weighted by atomic mass is 10.3. The fourth-order valence-electron chi connectivity index (χ4n) is 1.69. The Balaban J connectivity index is 2.28. The van der Waals surface area contributed by atoms with E-state index >= 15 is 0 Å². The fourth-order valence-corrected chi connectivity index (χ4v) is 2.12. The predicted octanol–water partition coefficient (Wildman–Crippen LogP) is 3.07. The van der Waals surface area contributed by atoms with Crippen molar-refractivity contribution in [3.8, 4) is 0 Å². The summed E-state index contributed by atoms with van der Waals surface area (Å²) in [6.45, 7) is 4.05. The van der Waals surface area contributed by atoms with Crippen molar-refractivity contribution in [1.82, 2.24) is 9.47 Å². The van der Waals surface area contributed by atoms with Gasteiger partial charge in [0.15, 0.2) is 0 Å². The van der Waals surface area contributed by atoms with Crippen molar-refractivity contribution >= 4 is 21.8 Å². The summed E-state index contributed by atoms with van der Waals surface area (Å²) < 4.78 is 3.09. The number of hydrogen-bond acceptors (Lipinski definition) is 1. The second kappa shape index (κ2) is 4.24. The molecule has 1 aromatic heterocycles. The first-order valence-corrected chi connectivity index (χ1v) is 6.44. The second-order valence-corrected chi connectivity index (χ2v) is 5.61. The van der Waals surface area contributed by atoms with E-state index in [1.165, 1.54) is 12.8 Å². The van der Waals surface area contributed by atoms with Crippen LogP contribution >= 0.6 is 15.9 Å². The van der Waals surface area contributed by atoms with Crippen LogP contribution in [0, 0.1) is 0 Å². The monoisotopic (exact) mass is 284 g/mol. The van der Waals surface area contributed by atoms with Crippen molar-refractivity contribution < 1.29 is 4.79 Å². The molecule has 1 aliphatic carbocycles. The zero-order valence-electron chi connectivity index (χ0n) is 9.90. The van der Waals surface area contributed by atoms with Crippen LogP contribution in [-0.2, 0) is 0 Å². The van der Waals surface area contributed by atoms with Crippen molar-refractivity contribution in [2.75, 3.05) is 7.05 Å². The summed E-state index contributed by atoms with van der Waals surface area (Å²) >= 11 is 3.44. The van der Waals surface area contributed by atoms with Gasteiger partial charge in [0.25, 0.3) is 5.91 Å². The van der Waals surface area contributed by atoms with Crippen molar-refractivity contribution in [3.05, 3.63) is 22.4 Å². The third-order valence-corrected chi connectivity index (χ3v) is 3.50. The number of amides is 1. The summed E-state index contributed by atoms with van der Waals surface area (Å²) in [5.74, 6) is 0.104. The van der Waals surface area contributed by atoms with E-state index in [4.69, 9.17) is 0 Å². The van der Waals surface area contributed by atoms with Crippen LogP contribution in [0.5, 0.6) is 0 Å². The Bertz CT molecular complexity index is 407. The minimum atomic E-state index is 0.104. The number of carbonyl (C=O) groups is 1. The van der Waals surface area contributed by atoms with Gasteiger partial charge in [-0.2, -0.15) is 0 Å². The fraction of sp³-hybridized carbons (Fsp3) is 0.583. The van der Waals surface area contributed by atoms with Crippen molar-refractivity contribution in [2.24, 2.45) is 0 Å². The van der Waals surface area contributed by atoms with E-state index < -0.39 is 0 Å². The van der Waals surface area contributed by atoms with Crippen molar-refractivity contribution in [3.63, 3.8) is 0 Å². The largest absolute Gasteiger partial charge is 0.339 e. The Hall–Kier alpha value is -0.770. The van der Waals surface area contributed by atoms with Gasteiger partial charge in [-0.15, -0.1) is 0 Å². The highest BCUT2D eigenvalue weighted by atomic mass is 79.9. The third kappa shape index (κ3) is 2.17. The average Bonchev–Trinajstić information content (AvgIpc) is 3.00. The van der Waals surface area contributed by atoms with Crippen LogP contribution in [0.25, 0.3) is 0 Å². The SMILES string of the molecule is CC(C)N(C)C(=O)c1cc(Br)cn1C1CC1. The van der Waals surface area contributed by atoms with Gasteiger partial charge in [0.2, 0.25) is 0 Å². The third-order valence-electron chi connectivity index (χ3n) is 3.07. The number of halogens is 1. The summed E-state index contributed by atoms with van der Waals surface area (Å²) in [4.78, 5) is 14.0. The first kappa shape index (κ1) is 11.7. The van der Waals surface area contributed by atoms with Crippen LogP contribution < -0.4 is 0 Å². The van der Waals surface area contributed by atoms with Gasteiger partial charge in [-0.1, -0.05) is 0 Å². The van der Waals surface area contributed by atoms with Gasteiger partial charge < -0.3 is 9.47 Å². The van der Waals surface area contributed by atoms with E-state index in [1.54, 1.807) is 4.90 Å². The Morgan fingerprint density at radius 3 is 2.69 bits per heavy atom. The molecule has 16 heavy (non-hydrogen) atoms. The zero-order valence-corrected chi connectivity index (χ0v) is 11.5. The van der Waals surface area contributed by atoms with Gasteiger partial charge in [0.05, 0.1) is 0 Å². The normalized spacial score (nSPS) is 15.6. The molecule has 0 atom stereocenters. The number of hydrogen-bond donors (Lipinski definition) is 0. The molecule has 1 amide bonds. The lowest BCUT2D eigenvalue weighted by molar-refractivity contribution is 0.0744. The number of nitrogens with zero attached hydrogens (tertiary/aromatic N) is 2. The first-order chi connectivity index (χ1) is 7.50. The van der Waals surface area contributed by atoms with Gasteiger partial charge >= 0.3 is 0 Å². The van der Waals surface area contributed by atoms with E-state index in [0.717, 1.165) is 10.2 Å². The molecule has 88 valence electrons. The second-order valence-electron chi connectivity index (χ2n) is 4.69. The van der Waals surface area contributed by atoms with Crippen LogP contribution in [-0.4, -0.2) is 28.5 Å². The van der Waals surface area contributed by atoms with Crippen molar-refractivity contribution in [2.45, 2.75) is 38.8 Å². The summed E-state index contributed by atoms with van der Waals surface area (Å²) in [7, 11) is 1.85. The maximum Gasteiger partial charge on any atom is 0.270 e. The molecule has 2 rings (SSSR count). The maximum absolute atomic E-state index is 12.2. The smallest absolute Gasteiger partial charge is 0.270 e. The maximum atomic E-state index is 12.2. The van der Waals surface area contributed by atoms with Crippen LogP contribution in [0.3, 0.4) is 0 Å². The highest BCUT2D eigenvalue weighted by molar-refractivity contribution is 9.10. The van der Waals surface area contributed by atoms with E-state index in [9.17, 15) is 4.79 Å². The molecule has 0 spiro atoms. The molecular weight excluding hydrogens is 268 g/mol. The van der Waals surface area contributed by atoms with Crippen LogP contribution in [0.2, 0.25) is 0 Å². The van der Waals surface area contributed by atoms with Gasteiger partial charge in [-0.05, 0) is 48.7 Å². The highest BCUT2D eigenvalue weighted by Crippen LogP contribution is 2.37. The molecule has 0 saturated heterocycles. The standard InChI is InChI=1S/C12H17BrN2O/c1-8(2)14(3)12(16)11-6-9(13)7-15(11)10-4-5-10/h6-8,10H,4-5H2,1-3H3. The zero-order chi connectivity index (χ0) is 11.9. The Morgan fingerprint density at radius 1 is 1.56 bits per heavy atom. The van der Waals surface area contributed by atoms with Crippen LogP contribution in [0.15, 0.2) is 16.7 Å². The molecule has 0 aliphatic heterocycles. The van der Waals surface area contributed by atoms with E-state index in [1.807, 2.05) is 33.2 Å². The molecule has 1 aromatic rings. The molecule has 4 heteroatoms. The van der Waals surface area contributed by atoms with Crippen LogP contribution in [0.1, 0.15) is 43.2 Å². The molecule has 1 saturated carbocycles. The van der Waals surface area contributed by atoms with Gasteiger partial charge in [0.1, 0.15) is 5.69 Å². The molecule has 1 heterocycles. The summed E-state index contributed by atoms with van der Waals surface area (Å²) in [6, 6.07) is 2.68. The summed E-state index contributed by atoms with van der Waals surface area (Å²) in [5.41, 5.74) is 0.797. The lowest BCUT2D eigenvalue weighted by Crippen LogP contribution is -2.34. The van der Waals surface area contributed by atoms with Crippen molar-refractivity contribution in [1.29, 1.82) is 0 Å². The highest BCUT2D eigenvalue weighted by Gasteiger charge is 2.29. The molecule has 0 unspecified atom stereocenters. The molecule has 1 aliphatic rings. The van der Waals surface area contributed by atoms with E-state index in [0.29, 0.717) is 6.04 Å². The molecule has 0 bridgehead atoms. The minimum Gasteiger partial charge on any atom is -0.339 e. The molecule has 0 radical (unpaired) electrons. The quantitative estimate of drug-likeness (QED) is 0.838. The topological polar surface area (TPSA) is 25.2 Å².